The highest BCUT2D eigenvalue weighted by Crippen LogP contribution is 2.19. The summed E-state index contributed by atoms with van der Waals surface area (Å²) in [7, 11) is 1.50. The number of carbonyl (C=O) groups is 1. The fourth-order valence-electron chi connectivity index (χ4n) is 1.86. The van der Waals surface area contributed by atoms with E-state index in [1.807, 2.05) is 13.8 Å². The fraction of sp³-hybridized carbons (Fsp3) is 0.500. The summed E-state index contributed by atoms with van der Waals surface area (Å²) < 4.78 is 18.3. The van der Waals surface area contributed by atoms with Crippen LogP contribution < -0.4 is 10.1 Å². The molecular formula is C14H20FNO3. The van der Waals surface area contributed by atoms with Gasteiger partial charge in [-0.05, 0) is 30.5 Å². The van der Waals surface area contributed by atoms with Gasteiger partial charge in [-0.2, -0.15) is 0 Å². The zero-order chi connectivity index (χ0) is 14.4. The van der Waals surface area contributed by atoms with E-state index >= 15 is 0 Å². The maximum absolute atomic E-state index is 13.2. The van der Waals surface area contributed by atoms with E-state index in [1.165, 1.54) is 25.3 Å². The number of nitrogens with one attached hydrogen (secondary N) is 1. The van der Waals surface area contributed by atoms with E-state index in [4.69, 9.17) is 9.84 Å². The molecule has 0 aromatic heterocycles. The molecule has 1 atom stereocenters. The van der Waals surface area contributed by atoms with Crippen molar-refractivity contribution in [3.8, 4) is 5.75 Å². The van der Waals surface area contributed by atoms with Gasteiger partial charge in [0, 0.05) is 12.1 Å². The van der Waals surface area contributed by atoms with Gasteiger partial charge in [-0.25, -0.2) is 4.39 Å². The number of aliphatic carboxylic acids is 1. The molecule has 1 aromatic carbocycles. The molecule has 2 N–H and O–H groups in total. The van der Waals surface area contributed by atoms with Crippen molar-refractivity contribution < 1.29 is 19.0 Å². The highest BCUT2D eigenvalue weighted by molar-refractivity contribution is 5.73. The van der Waals surface area contributed by atoms with E-state index in [9.17, 15) is 9.18 Å². The number of benzene rings is 1. The highest BCUT2D eigenvalue weighted by Gasteiger charge is 2.18. The lowest BCUT2D eigenvalue weighted by Crippen LogP contribution is -2.37. The quantitative estimate of drug-likeness (QED) is 0.798. The molecule has 0 saturated heterocycles. The predicted octanol–water partition coefficient (Wildman–Crippen LogP) is 2.42. The van der Waals surface area contributed by atoms with Gasteiger partial charge in [0.05, 0.1) is 7.11 Å². The minimum absolute atomic E-state index is 0.255. The summed E-state index contributed by atoms with van der Waals surface area (Å²) >= 11 is 0. The van der Waals surface area contributed by atoms with E-state index < -0.39 is 12.0 Å². The maximum atomic E-state index is 13.2. The number of hydrogen-bond acceptors (Lipinski definition) is 3. The Morgan fingerprint density at radius 2 is 2.16 bits per heavy atom. The lowest BCUT2D eigenvalue weighted by atomic mass is 10.0. The van der Waals surface area contributed by atoms with Crippen molar-refractivity contribution in [2.75, 3.05) is 7.11 Å². The molecular weight excluding hydrogens is 249 g/mol. The average molecular weight is 269 g/mol. The van der Waals surface area contributed by atoms with Crippen molar-refractivity contribution >= 4 is 5.97 Å². The molecule has 0 fully saturated rings. The number of ether oxygens (including phenoxy) is 1. The SMILES string of the molecule is COc1ccc(F)cc1CNC(CC(C)C)C(=O)O. The Morgan fingerprint density at radius 1 is 1.47 bits per heavy atom. The van der Waals surface area contributed by atoms with E-state index in [1.54, 1.807) is 0 Å². The molecule has 4 nitrogen and oxygen atoms in total. The highest BCUT2D eigenvalue weighted by atomic mass is 19.1. The average Bonchev–Trinajstić information content (AvgIpc) is 2.34. The van der Waals surface area contributed by atoms with Crippen molar-refractivity contribution in [1.82, 2.24) is 5.32 Å². The van der Waals surface area contributed by atoms with Crippen LogP contribution in [0.25, 0.3) is 0 Å². The van der Waals surface area contributed by atoms with Crippen LogP contribution in [0.2, 0.25) is 0 Å². The molecule has 0 bridgehead atoms. The molecule has 5 heteroatoms. The molecule has 0 aliphatic carbocycles. The second-order valence-corrected chi connectivity index (χ2v) is 4.86. The van der Waals surface area contributed by atoms with Crippen LogP contribution in [0.3, 0.4) is 0 Å². The minimum Gasteiger partial charge on any atom is -0.496 e. The number of rotatable bonds is 7. The van der Waals surface area contributed by atoms with Gasteiger partial charge in [0.15, 0.2) is 0 Å². The van der Waals surface area contributed by atoms with Crippen molar-refractivity contribution in [2.24, 2.45) is 5.92 Å². The fourth-order valence-corrected chi connectivity index (χ4v) is 1.86. The van der Waals surface area contributed by atoms with E-state index in [2.05, 4.69) is 5.32 Å². The number of carboxylic acid groups (broad SMARTS) is 1. The largest absolute Gasteiger partial charge is 0.496 e. The number of methoxy groups -OCH3 is 1. The molecule has 106 valence electrons. The summed E-state index contributed by atoms with van der Waals surface area (Å²) in [5.74, 6) is -0.456. The first-order valence-electron chi connectivity index (χ1n) is 6.22. The molecule has 1 rings (SSSR count). The molecule has 0 amide bonds. The summed E-state index contributed by atoms with van der Waals surface area (Å²) in [6.45, 7) is 4.17. The Balaban J connectivity index is 2.73. The molecule has 1 unspecified atom stereocenters. The van der Waals surface area contributed by atoms with Crippen LogP contribution in [0.4, 0.5) is 4.39 Å². The molecule has 0 heterocycles. The lowest BCUT2D eigenvalue weighted by molar-refractivity contribution is -0.140. The molecule has 19 heavy (non-hydrogen) atoms. The van der Waals surface area contributed by atoms with Crippen LogP contribution in [0.5, 0.6) is 5.75 Å². The standard InChI is InChI=1S/C14H20FNO3/c1-9(2)6-12(14(17)18)16-8-10-7-11(15)4-5-13(10)19-3/h4-5,7,9,12,16H,6,8H2,1-3H3,(H,17,18). The van der Waals surface area contributed by atoms with Gasteiger partial charge in [0.25, 0.3) is 0 Å². The Hall–Kier alpha value is -1.62. The second kappa shape index (κ2) is 7.09. The van der Waals surface area contributed by atoms with Gasteiger partial charge in [0.2, 0.25) is 0 Å². The van der Waals surface area contributed by atoms with E-state index in [0.717, 1.165) is 0 Å². The normalized spacial score (nSPS) is 12.5. The zero-order valence-electron chi connectivity index (χ0n) is 11.4. The summed E-state index contributed by atoms with van der Waals surface area (Å²) in [4.78, 5) is 11.1. The van der Waals surface area contributed by atoms with E-state index in [-0.39, 0.29) is 18.3 Å². The Kier molecular flexibility index (Phi) is 5.76. The minimum atomic E-state index is -0.899. The number of halogens is 1. The van der Waals surface area contributed by atoms with Crippen LogP contribution in [0.15, 0.2) is 18.2 Å². The first kappa shape index (κ1) is 15.4. The Labute approximate surface area is 112 Å². The van der Waals surface area contributed by atoms with Gasteiger partial charge >= 0.3 is 5.97 Å². The monoisotopic (exact) mass is 269 g/mol. The molecule has 0 saturated carbocycles. The van der Waals surface area contributed by atoms with Gasteiger partial charge < -0.3 is 15.2 Å². The van der Waals surface area contributed by atoms with Gasteiger partial charge in [-0.1, -0.05) is 13.8 Å². The molecule has 0 aliphatic heterocycles. The number of carboxylic acids is 1. The van der Waals surface area contributed by atoms with Gasteiger partial charge in [-0.15, -0.1) is 0 Å². The molecule has 0 aliphatic rings. The first-order valence-corrected chi connectivity index (χ1v) is 6.22. The number of hydrogen-bond donors (Lipinski definition) is 2. The van der Waals surface area contributed by atoms with Crippen molar-refractivity contribution in [2.45, 2.75) is 32.9 Å². The van der Waals surface area contributed by atoms with Gasteiger partial charge in [0.1, 0.15) is 17.6 Å². The summed E-state index contributed by atoms with van der Waals surface area (Å²) in [5, 5.41) is 12.0. The summed E-state index contributed by atoms with van der Waals surface area (Å²) in [5.41, 5.74) is 0.609. The zero-order valence-corrected chi connectivity index (χ0v) is 11.4. The van der Waals surface area contributed by atoms with Crippen LogP contribution in [0, 0.1) is 11.7 Å². The molecule has 0 spiro atoms. The van der Waals surface area contributed by atoms with Crippen molar-refractivity contribution in [1.29, 1.82) is 0 Å². The third-order valence-corrected chi connectivity index (χ3v) is 2.79. The summed E-state index contributed by atoms with van der Waals surface area (Å²) in [6, 6.07) is 3.54. The van der Waals surface area contributed by atoms with E-state index in [0.29, 0.717) is 17.7 Å². The Morgan fingerprint density at radius 3 is 2.68 bits per heavy atom. The van der Waals surface area contributed by atoms with Crippen molar-refractivity contribution in [3.63, 3.8) is 0 Å². The van der Waals surface area contributed by atoms with Crippen LogP contribution in [-0.4, -0.2) is 24.2 Å². The van der Waals surface area contributed by atoms with Crippen LogP contribution in [0.1, 0.15) is 25.8 Å². The van der Waals surface area contributed by atoms with Crippen LogP contribution >= 0.6 is 0 Å². The maximum Gasteiger partial charge on any atom is 0.320 e. The van der Waals surface area contributed by atoms with Gasteiger partial charge in [-0.3, -0.25) is 4.79 Å². The Bertz CT molecular complexity index is 435. The van der Waals surface area contributed by atoms with Crippen molar-refractivity contribution in [3.05, 3.63) is 29.6 Å². The lowest BCUT2D eigenvalue weighted by Gasteiger charge is -2.17. The first-order chi connectivity index (χ1) is 8.93. The topological polar surface area (TPSA) is 58.6 Å². The smallest absolute Gasteiger partial charge is 0.320 e. The van der Waals surface area contributed by atoms with Crippen LogP contribution in [-0.2, 0) is 11.3 Å². The second-order valence-electron chi connectivity index (χ2n) is 4.86. The third kappa shape index (κ3) is 4.87. The molecule has 1 aromatic rings. The summed E-state index contributed by atoms with van der Waals surface area (Å²) in [6.07, 6.45) is 0.521. The molecule has 0 radical (unpaired) electrons. The third-order valence-electron chi connectivity index (χ3n) is 2.79. The predicted molar refractivity (Wildman–Crippen MR) is 70.7 cm³/mol.